The van der Waals surface area contributed by atoms with Gasteiger partial charge in [-0.1, -0.05) is 50.7 Å². The molecule has 1 aromatic heterocycles. The molecule has 2 heterocycles. The molecule has 0 fully saturated rings. The number of allylic oxidation sites excluding steroid dienone is 2. The second-order valence-corrected chi connectivity index (χ2v) is 9.48. The van der Waals surface area contributed by atoms with Gasteiger partial charge in [-0.05, 0) is 24.3 Å². The second-order valence-electron chi connectivity index (χ2n) is 8.39. The summed E-state index contributed by atoms with van der Waals surface area (Å²) in [6.45, 7) is 6.14. The van der Waals surface area contributed by atoms with Crippen molar-refractivity contribution in [1.29, 1.82) is 0 Å². The molecular weight excluding hydrogens is 389 g/mol. The molecule has 2 aromatic rings. The minimum Gasteiger partial charge on any atom is -0.343 e. The summed E-state index contributed by atoms with van der Waals surface area (Å²) < 4.78 is 14.8. The van der Waals surface area contributed by atoms with Crippen molar-refractivity contribution < 1.29 is 9.18 Å². The van der Waals surface area contributed by atoms with E-state index in [0.29, 0.717) is 40.5 Å². The average Bonchev–Trinajstić information content (AvgIpc) is 2.64. The van der Waals surface area contributed by atoms with Crippen LogP contribution < -0.4 is 10.9 Å². The van der Waals surface area contributed by atoms with Crippen molar-refractivity contribution in [3.8, 4) is 0 Å². The number of aromatic amines is 1. The minimum atomic E-state index is -0.757. The predicted octanol–water partition coefficient (Wildman–Crippen LogP) is 4.61. The number of aromatic nitrogens is 2. The molecule has 5 nitrogen and oxygen atoms in total. The number of halogens is 1. The lowest BCUT2D eigenvalue weighted by molar-refractivity contribution is -0.118. The van der Waals surface area contributed by atoms with Gasteiger partial charge in [-0.2, -0.15) is 0 Å². The Balaban J connectivity index is 1.94. The van der Waals surface area contributed by atoms with E-state index in [-0.39, 0.29) is 16.8 Å². The highest BCUT2D eigenvalue weighted by Crippen LogP contribution is 2.48. The van der Waals surface area contributed by atoms with Crippen molar-refractivity contribution in [2.75, 3.05) is 11.1 Å². The Morgan fingerprint density at radius 3 is 2.72 bits per heavy atom. The largest absolute Gasteiger partial charge is 0.343 e. The van der Waals surface area contributed by atoms with Crippen molar-refractivity contribution in [2.45, 2.75) is 51.1 Å². The molecule has 2 N–H and O–H groups in total. The van der Waals surface area contributed by atoms with Gasteiger partial charge in [0.05, 0.1) is 11.5 Å². The van der Waals surface area contributed by atoms with Crippen LogP contribution in [0.2, 0.25) is 0 Å². The number of nitrogens with one attached hydrogen (secondary N) is 2. The Kier molecular flexibility index (Phi) is 5.11. The van der Waals surface area contributed by atoms with Crippen molar-refractivity contribution in [1.82, 2.24) is 9.97 Å². The van der Waals surface area contributed by atoms with E-state index in [0.717, 1.165) is 17.9 Å². The van der Waals surface area contributed by atoms with Gasteiger partial charge in [0.25, 0.3) is 5.56 Å². The van der Waals surface area contributed by atoms with Crippen LogP contribution in [0.1, 0.15) is 57.1 Å². The Morgan fingerprint density at radius 2 is 2.00 bits per heavy atom. The molecule has 1 aliphatic carbocycles. The molecule has 2 aliphatic rings. The number of anilines is 1. The Hall–Kier alpha value is -2.41. The van der Waals surface area contributed by atoms with E-state index in [1.54, 1.807) is 18.2 Å². The van der Waals surface area contributed by atoms with Crippen LogP contribution in [0.5, 0.6) is 0 Å². The van der Waals surface area contributed by atoms with Crippen LogP contribution in [0.4, 0.5) is 10.2 Å². The molecule has 0 saturated heterocycles. The molecular formula is C22H24FN3O2S. The summed E-state index contributed by atoms with van der Waals surface area (Å²) in [5, 5.41) is 3.78. The van der Waals surface area contributed by atoms with Crippen LogP contribution in [0.3, 0.4) is 0 Å². The van der Waals surface area contributed by atoms with Crippen LogP contribution in [0.15, 0.2) is 45.5 Å². The van der Waals surface area contributed by atoms with Gasteiger partial charge in [-0.25, -0.2) is 9.37 Å². The molecule has 1 atom stereocenters. The summed E-state index contributed by atoms with van der Waals surface area (Å²) in [6, 6.07) is 6.34. The summed E-state index contributed by atoms with van der Waals surface area (Å²) in [6.07, 6.45) is 1.96. The molecule has 0 spiro atoms. The van der Waals surface area contributed by atoms with E-state index in [4.69, 9.17) is 0 Å². The highest BCUT2D eigenvalue weighted by atomic mass is 32.2. The van der Waals surface area contributed by atoms with Crippen molar-refractivity contribution in [2.24, 2.45) is 5.41 Å². The third-order valence-corrected chi connectivity index (χ3v) is 6.44. The number of rotatable bonds is 4. The number of hydrogen-bond donors (Lipinski definition) is 2. The molecule has 0 unspecified atom stereocenters. The maximum absolute atomic E-state index is 14.8. The van der Waals surface area contributed by atoms with E-state index in [2.05, 4.69) is 22.2 Å². The van der Waals surface area contributed by atoms with E-state index in [9.17, 15) is 14.0 Å². The SMILES string of the molecule is CCCSc1nc2c(c(=O)[nH]1)[C@@H](c1ccccc1F)C1=C(CC(C)(C)CC1=O)N2. The Morgan fingerprint density at radius 1 is 1.24 bits per heavy atom. The van der Waals surface area contributed by atoms with Crippen molar-refractivity contribution >= 4 is 23.4 Å². The normalized spacial score (nSPS) is 20.1. The second kappa shape index (κ2) is 7.44. The van der Waals surface area contributed by atoms with Gasteiger partial charge in [0.2, 0.25) is 0 Å². The summed E-state index contributed by atoms with van der Waals surface area (Å²) in [5.41, 5.74) is 1.33. The number of benzene rings is 1. The molecule has 0 radical (unpaired) electrons. The van der Waals surface area contributed by atoms with Gasteiger partial charge in [-0.15, -0.1) is 0 Å². The molecule has 0 amide bonds. The third-order valence-electron chi connectivity index (χ3n) is 5.36. The lowest BCUT2D eigenvalue weighted by Crippen LogP contribution is -2.37. The monoisotopic (exact) mass is 413 g/mol. The zero-order chi connectivity index (χ0) is 20.8. The minimum absolute atomic E-state index is 0.0495. The molecule has 152 valence electrons. The van der Waals surface area contributed by atoms with Gasteiger partial charge >= 0.3 is 0 Å². The predicted molar refractivity (Wildman–Crippen MR) is 113 cm³/mol. The van der Waals surface area contributed by atoms with Crippen LogP contribution in [-0.4, -0.2) is 21.5 Å². The molecule has 0 saturated carbocycles. The van der Waals surface area contributed by atoms with E-state index in [1.165, 1.54) is 17.8 Å². The smallest absolute Gasteiger partial charge is 0.257 e. The molecule has 29 heavy (non-hydrogen) atoms. The molecule has 4 rings (SSSR count). The maximum Gasteiger partial charge on any atom is 0.257 e. The highest BCUT2D eigenvalue weighted by molar-refractivity contribution is 7.99. The topological polar surface area (TPSA) is 74.8 Å². The molecule has 1 aliphatic heterocycles. The quantitative estimate of drug-likeness (QED) is 0.565. The number of Topliss-reactive ketones (excluding diaryl/α,β-unsaturated/α-hetero) is 1. The maximum atomic E-state index is 14.8. The summed E-state index contributed by atoms with van der Waals surface area (Å²) in [5.74, 6) is 0.0142. The first-order chi connectivity index (χ1) is 13.8. The highest BCUT2D eigenvalue weighted by Gasteiger charge is 2.43. The first kappa shape index (κ1) is 19.9. The summed E-state index contributed by atoms with van der Waals surface area (Å²) in [4.78, 5) is 33.6. The number of thioether (sulfide) groups is 1. The van der Waals surface area contributed by atoms with E-state index >= 15 is 0 Å². The number of ketones is 1. The van der Waals surface area contributed by atoms with Gasteiger partial charge < -0.3 is 10.3 Å². The molecule has 7 heteroatoms. The lowest BCUT2D eigenvalue weighted by atomic mass is 9.69. The Labute approximate surface area is 173 Å². The third kappa shape index (κ3) is 3.64. The van der Waals surface area contributed by atoms with Gasteiger partial charge in [-0.3, -0.25) is 9.59 Å². The van der Waals surface area contributed by atoms with Gasteiger partial charge in [0.15, 0.2) is 10.9 Å². The van der Waals surface area contributed by atoms with E-state index < -0.39 is 11.7 Å². The fraction of sp³-hybridized carbons (Fsp3) is 0.409. The van der Waals surface area contributed by atoms with Crippen LogP contribution in [-0.2, 0) is 4.79 Å². The summed E-state index contributed by atoms with van der Waals surface area (Å²) in [7, 11) is 0. The number of carbonyl (C=O) groups is 1. The van der Waals surface area contributed by atoms with Crippen molar-refractivity contribution in [3.63, 3.8) is 0 Å². The number of fused-ring (bicyclic) bond motifs is 1. The number of carbonyl (C=O) groups excluding carboxylic acids is 1. The number of hydrogen-bond acceptors (Lipinski definition) is 5. The van der Waals surface area contributed by atoms with Crippen molar-refractivity contribution in [3.05, 3.63) is 62.8 Å². The molecule has 1 aromatic carbocycles. The fourth-order valence-electron chi connectivity index (χ4n) is 4.18. The summed E-state index contributed by atoms with van der Waals surface area (Å²) >= 11 is 1.47. The van der Waals surface area contributed by atoms with Gasteiger partial charge in [0.1, 0.15) is 11.6 Å². The molecule has 0 bridgehead atoms. The first-order valence-corrected chi connectivity index (χ1v) is 10.8. The van der Waals surface area contributed by atoms with Gasteiger partial charge in [0, 0.05) is 29.0 Å². The standard InChI is InChI=1S/C22H24FN3O2S/c1-4-9-29-21-25-19-18(20(28)26-21)16(12-7-5-6-8-13(12)23)17-14(24-19)10-22(2,3)11-15(17)27/h5-8,16H,4,9-11H2,1-3H3,(H2,24,25,26,28)/t16-/m0/s1. The first-order valence-electron chi connectivity index (χ1n) is 9.85. The van der Waals surface area contributed by atoms with E-state index in [1.807, 2.05) is 13.8 Å². The zero-order valence-corrected chi connectivity index (χ0v) is 17.6. The van der Waals surface area contributed by atoms with Crippen LogP contribution in [0.25, 0.3) is 0 Å². The zero-order valence-electron chi connectivity index (χ0n) is 16.8. The number of H-pyrrole nitrogens is 1. The number of nitrogens with zero attached hydrogens (tertiary/aromatic N) is 1. The lowest BCUT2D eigenvalue weighted by Gasteiger charge is -2.38. The average molecular weight is 414 g/mol. The Bertz CT molecular complexity index is 1070. The van der Waals surface area contributed by atoms with Crippen LogP contribution >= 0.6 is 11.8 Å². The van der Waals surface area contributed by atoms with Crippen LogP contribution in [0, 0.1) is 11.2 Å². The fourth-order valence-corrected chi connectivity index (χ4v) is 4.90.